The Hall–Kier alpha value is -3.98. The van der Waals surface area contributed by atoms with Gasteiger partial charge in [-0.3, -0.25) is 4.79 Å². The fraction of sp³-hybridized carbons (Fsp3) is 0.231. The minimum absolute atomic E-state index is 0.0586. The van der Waals surface area contributed by atoms with Gasteiger partial charge in [0.25, 0.3) is 0 Å². The number of rotatable bonds is 10. The molecule has 0 aliphatic carbocycles. The minimum Gasteiger partial charge on any atom is -0.497 e. The van der Waals surface area contributed by atoms with Gasteiger partial charge >= 0.3 is 0 Å². The summed E-state index contributed by atoms with van der Waals surface area (Å²) in [6.45, 7) is 0.548. The Kier molecular flexibility index (Phi) is 8.10. The van der Waals surface area contributed by atoms with Crippen LogP contribution in [0.5, 0.6) is 23.0 Å². The van der Waals surface area contributed by atoms with E-state index in [9.17, 15) is 4.79 Å². The standard InChI is InChI=1S/C26H26N2O4/c1-30-23-5-3-4-20(16-23)13-15-28-26(29)18-21-8-11-24(25(17-21)31-2)32-22-9-6-19(7-10-22)12-14-27/h3-11,16-17H,12-13,15,18H2,1-2H3,(H,28,29). The molecule has 0 bridgehead atoms. The van der Waals surface area contributed by atoms with Crippen LogP contribution in [-0.2, 0) is 24.1 Å². The molecule has 0 unspecified atom stereocenters. The third-order valence-corrected chi connectivity index (χ3v) is 4.90. The average Bonchev–Trinajstić information content (AvgIpc) is 2.81. The largest absolute Gasteiger partial charge is 0.497 e. The molecular weight excluding hydrogens is 404 g/mol. The zero-order valence-corrected chi connectivity index (χ0v) is 18.3. The number of hydrogen-bond acceptors (Lipinski definition) is 5. The van der Waals surface area contributed by atoms with Crippen molar-refractivity contribution in [3.63, 3.8) is 0 Å². The monoisotopic (exact) mass is 430 g/mol. The number of ether oxygens (including phenoxy) is 3. The molecule has 1 amide bonds. The molecule has 0 aromatic heterocycles. The van der Waals surface area contributed by atoms with E-state index in [-0.39, 0.29) is 12.3 Å². The molecule has 3 rings (SSSR count). The van der Waals surface area contributed by atoms with Crippen molar-refractivity contribution in [2.45, 2.75) is 19.3 Å². The number of nitrogens with zero attached hydrogens (tertiary/aromatic N) is 1. The van der Waals surface area contributed by atoms with Crippen molar-refractivity contribution in [2.24, 2.45) is 0 Å². The molecule has 0 fully saturated rings. The molecule has 0 spiro atoms. The maximum absolute atomic E-state index is 12.4. The topological polar surface area (TPSA) is 80.6 Å². The second-order valence-corrected chi connectivity index (χ2v) is 7.19. The van der Waals surface area contributed by atoms with Gasteiger partial charge in [0.2, 0.25) is 5.91 Å². The van der Waals surface area contributed by atoms with Crippen LogP contribution in [0.1, 0.15) is 16.7 Å². The molecule has 1 N–H and O–H groups in total. The summed E-state index contributed by atoms with van der Waals surface area (Å²) in [6, 6.07) is 22.7. The van der Waals surface area contributed by atoms with Gasteiger partial charge in [-0.15, -0.1) is 0 Å². The highest BCUT2D eigenvalue weighted by molar-refractivity contribution is 5.78. The number of benzene rings is 3. The Morgan fingerprint density at radius 2 is 1.66 bits per heavy atom. The Bertz CT molecular complexity index is 1090. The van der Waals surface area contributed by atoms with Gasteiger partial charge in [-0.25, -0.2) is 0 Å². The van der Waals surface area contributed by atoms with Gasteiger partial charge in [0.05, 0.1) is 33.1 Å². The molecule has 0 aliphatic rings. The Morgan fingerprint density at radius 3 is 2.38 bits per heavy atom. The number of carbonyl (C=O) groups excluding carboxylic acids is 1. The van der Waals surface area contributed by atoms with Crippen LogP contribution in [-0.4, -0.2) is 26.7 Å². The summed E-state index contributed by atoms with van der Waals surface area (Å²) in [4.78, 5) is 12.4. The summed E-state index contributed by atoms with van der Waals surface area (Å²) < 4.78 is 16.6. The van der Waals surface area contributed by atoms with E-state index in [1.807, 2.05) is 54.6 Å². The molecule has 3 aromatic rings. The lowest BCUT2D eigenvalue weighted by molar-refractivity contribution is -0.120. The van der Waals surface area contributed by atoms with E-state index in [1.165, 1.54) is 0 Å². The molecule has 0 atom stereocenters. The lowest BCUT2D eigenvalue weighted by Crippen LogP contribution is -2.27. The summed E-state index contributed by atoms with van der Waals surface area (Å²) >= 11 is 0. The number of hydrogen-bond donors (Lipinski definition) is 1. The first-order valence-corrected chi connectivity index (χ1v) is 10.3. The quantitative estimate of drug-likeness (QED) is 0.514. The molecule has 0 radical (unpaired) electrons. The molecule has 0 saturated heterocycles. The molecule has 0 saturated carbocycles. The van der Waals surface area contributed by atoms with Gasteiger partial charge in [0.15, 0.2) is 11.5 Å². The molecular formula is C26H26N2O4. The van der Waals surface area contributed by atoms with Crippen molar-refractivity contribution in [1.29, 1.82) is 5.26 Å². The van der Waals surface area contributed by atoms with E-state index in [0.717, 1.165) is 28.9 Å². The van der Waals surface area contributed by atoms with Gasteiger partial charge < -0.3 is 19.5 Å². The number of nitriles is 1. The predicted molar refractivity (Wildman–Crippen MR) is 122 cm³/mol. The number of carbonyl (C=O) groups is 1. The van der Waals surface area contributed by atoms with Crippen LogP contribution >= 0.6 is 0 Å². The highest BCUT2D eigenvalue weighted by Gasteiger charge is 2.10. The second kappa shape index (κ2) is 11.4. The molecule has 32 heavy (non-hydrogen) atoms. The van der Waals surface area contributed by atoms with E-state index in [2.05, 4.69) is 11.4 Å². The Morgan fingerprint density at radius 1 is 0.875 bits per heavy atom. The maximum atomic E-state index is 12.4. The summed E-state index contributed by atoms with van der Waals surface area (Å²) in [5.74, 6) is 2.50. The third-order valence-electron chi connectivity index (χ3n) is 4.90. The van der Waals surface area contributed by atoms with Crippen LogP contribution in [0.15, 0.2) is 66.7 Å². The second-order valence-electron chi connectivity index (χ2n) is 7.19. The van der Waals surface area contributed by atoms with Crippen LogP contribution in [0.3, 0.4) is 0 Å². The van der Waals surface area contributed by atoms with Crippen LogP contribution in [0.25, 0.3) is 0 Å². The van der Waals surface area contributed by atoms with Gasteiger partial charge in [0, 0.05) is 6.54 Å². The Labute approximate surface area is 188 Å². The maximum Gasteiger partial charge on any atom is 0.224 e. The number of methoxy groups -OCH3 is 2. The molecule has 0 aliphatic heterocycles. The summed E-state index contributed by atoms with van der Waals surface area (Å²) in [5.41, 5.74) is 2.87. The van der Waals surface area contributed by atoms with Gasteiger partial charge in [-0.2, -0.15) is 5.26 Å². The van der Waals surface area contributed by atoms with E-state index in [1.54, 1.807) is 26.4 Å². The molecule has 6 nitrogen and oxygen atoms in total. The average molecular weight is 431 g/mol. The zero-order chi connectivity index (χ0) is 22.8. The minimum atomic E-state index is -0.0586. The molecule has 164 valence electrons. The molecule has 3 aromatic carbocycles. The van der Waals surface area contributed by atoms with E-state index < -0.39 is 0 Å². The van der Waals surface area contributed by atoms with E-state index in [4.69, 9.17) is 19.5 Å². The normalized spacial score (nSPS) is 10.2. The van der Waals surface area contributed by atoms with Crippen molar-refractivity contribution in [1.82, 2.24) is 5.32 Å². The van der Waals surface area contributed by atoms with Crippen LogP contribution in [0.4, 0.5) is 0 Å². The SMILES string of the molecule is COc1cccc(CCNC(=O)Cc2ccc(Oc3ccc(CC#N)cc3)c(OC)c2)c1. The van der Waals surface area contributed by atoms with Crippen LogP contribution < -0.4 is 19.5 Å². The zero-order valence-electron chi connectivity index (χ0n) is 18.3. The van der Waals surface area contributed by atoms with Crippen molar-refractivity contribution in [2.75, 3.05) is 20.8 Å². The van der Waals surface area contributed by atoms with E-state index >= 15 is 0 Å². The van der Waals surface area contributed by atoms with Crippen molar-refractivity contribution in [3.8, 4) is 29.1 Å². The molecule has 6 heteroatoms. The summed E-state index contributed by atoms with van der Waals surface area (Å²) in [5, 5.41) is 11.7. The van der Waals surface area contributed by atoms with Gasteiger partial charge in [-0.1, -0.05) is 30.3 Å². The highest BCUT2D eigenvalue weighted by Crippen LogP contribution is 2.32. The summed E-state index contributed by atoms with van der Waals surface area (Å²) in [6.07, 6.45) is 1.34. The fourth-order valence-corrected chi connectivity index (χ4v) is 3.22. The third kappa shape index (κ3) is 6.51. The van der Waals surface area contributed by atoms with Gasteiger partial charge in [-0.05, 0) is 59.5 Å². The van der Waals surface area contributed by atoms with E-state index in [0.29, 0.717) is 30.2 Å². The Balaban J connectivity index is 1.55. The van der Waals surface area contributed by atoms with Crippen molar-refractivity contribution in [3.05, 3.63) is 83.4 Å². The first-order chi connectivity index (χ1) is 15.6. The lowest BCUT2D eigenvalue weighted by Gasteiger charge is -2.12. The van der Waals surface area contributed by atoms with Crippen LogP contribution in [0, 0.1) is 11.3 Å². The smallest absolute Gasteiger partial charge is 0.224 e. The van der Waals surface area contributed by atoms with Crippen molar-refractivity contribution < 1.29 is 19.0 Å². The highest BCUT2D eigenvalue weighted by atomic mass is 16.5. The number of amides is 1. The van der Waals surface area contributed by atoms with Gasteiger partial charge in [0.1, 0.15) is 11.5 Å². The fourth-order valence-electron chi connectivity index (χ4n) is 3.22. The lowest BCUT2D eigenvalue weighted by atomic mass is 10.1. The first kappa shape index (κ1) is 22.7. The first-order valence-electron chi connectivity index (χ1n) is 10.3. The van der Waals surface area contributed by atoms with Crippen LogP contribution in [0.2, 0.25) is 0 Å². The predicted octanol–water partition coefficient (Wildman–Crippen LogP) is 4.46. The summed E-state index contributed by atoms with van der Waals surface area (Å²) in [7, 11) is 3.20. The number of nitrogens with one attached hydrogen (secondary N) is 1. The molecule has 0 heterocycles. The van der Waals surface area contributed by atoms with Crippen molar-refractivity contribution >= 4 is 5.91 Å².